The van der Waals surface area contributed by atoms with Crippen molar-refractivity contribution in [3.63, 3.8) is 0 Å². The summed E-state index contributed by atoms with van der Waals surface area (Å²) in [7, 11) is -2.78. The molecule has 0 aromatic heterocycles. The van der Waals surface area contributed by atoms with Crippen LogP contribution in [0.4, 0.5) is 0 Å². The molecule has 1 aromatic carbocycles. The van der Waals surface area contributed by atoms with E-state index in [0.717, 1.165) is 18.6 Å². The molecule has 2 rings (SSSR count). The Morgan fingerprint density at radius 1 is 1.17 bits per heavy atom. The van der Waals surface area contributed by atoms with Gasteiger partial charge in [0.25, 0.3) is 0 Å². The lowest BCUT2D eigenvalue weighted by atomic mass is 9.93. The molecule has 100 valence electrons. The Hall–Kier alpha value is -1.07. The summed E-state index contributed by atoms with van der Waals surface area (Å²) in [5, 5.41) is 0. The molecule has 0 atom stereocenters. The Morgan fingerprint density at radius 2 is 1.78 bits per heavy atom. The quantitative estimate of drug-likeness (QED) is 0.895. The Morgan fingerprint density at radius 3 is 2.33 bits per heavy atom. The summed E-state index contributed by atoms with van der Waals surface area (Å²) < 4.78 is 28.1. The number of nitrogens with two attached hydrogens (primary N) is 1. The molecule has 5 heteroatoms. The number of sulfone groups is 1. The van der Waals surface area contributed by atoms with Crippen LogP contribution in [0.3, 0.4) is 0 Å². The van der Waals surface area contributed by atoms with Crippen LogP contribution in [0.1, 0.15) is 24.3 Å². The van der Waals surface area contributed by atoms with E-state index in [1.165, 1.54) is 5.56 Å². The zero-order valence-electron chi connectivity index (χ0n) is 10.3. The molecule has 1 heterocycles. The minimum Gasteiger partial charge on any atom is -0.492 e. The summed E-state index contributed by atoms with van der Waals surface area (Å²) in [6.45, 7) is 1.02. The lowest BCUT2D eigenvalue weighted by Crippen LogP contribution is -2.22. The van der Waals surface area contributed by atoms with E-state index in [-0.39, 0.29) is 0 Å². The minimum absolute atomic E-state index is 0.309. The van der Waals surface area contributed by atoms with Crippen LogP contribution >= 0.6 is 0 Å². The van der Waals surface area contributed by atoms with Crippen molar-refractivity contribution in [2.24, 2.45) is 5.73 Å². The second-order valence-corrected chi connectivity index (χ2v) is 6.94. The summed E-state index contributed by atoms with van der Waals surface area (Å²) in [6, 6.07) is 7.89. The van der Waals surface area contributed by atoms with Crippen molar-refractivity contribution in [1.29, 1.82) is 0 Å². The van der Waals surface area contributed by atoms with Gasteiger partial charge in [-0.2, -0.15) is 0 Å². The van der Waals surface area contributed by atoms with Crippen LogP contribution in [-0.4, -0.2) is 33.1 Å². The predicted molar refractivity (Wildman–Crippen MR) is 71.6 cm³/mol. The van der Waals surface area contributed by atoms with Crippen molar-refractivity contribution in [1.82, 2.24) is 0 Å². The van der Waals surface area contributed by atoms with E-state index >= 15 is 0 Å². The molecule has 0 spiro atoms. The standard InChI is InChI=1S/C13H19NO3S/c14-7-8-17-13-3-1-11(2-4-13)12-5-9-18(15,16)10-6-12/h1-4,12H,5-10,14H2. The third-order valence-electron chi connectivity index (χ3n) is 3.29. The van der Waals surface area contributed by atoms with Gasteiger partial charge in [-0.1, -0.05) is 12.1 Å². The van der Waals surface area contributed by atoms with Crippen molar-refractivity contribution in [2.75, 3.05) is 24.7 Å². The molecule has 1 aliphatic heterocycles. The van der Waals surface area contributed by atoms with Gasteiger partial charge in [-0.25, -0.2) is 8.42 Å². The van der Waals surface area contributed by atoms with Crippen LogP contribution in [0.25, 0.3) is 0 Å². The minimum atomic E-state index is -2.78. The highest BCUT2D eigenvalue weighted by atomic mass is 32.2. The molecule has 0 radical (unpaired) electrons. The third-order valence-corrected chi connectivity index (χ3v) is 5.01. The van der Waals surface area contributed by atoms with Gasteiger partial charge in [0.2, 0.25) is 0 Å². The summed E-state index contributed by atoms with van der Waals surface area (Å²) in [5.41, 5.74) is 6.57. The van der Waals surface area contributed by atoms with Crippen molar-refractivity contribution in [3.05, 3.63) is 29.8 Å². The maximum Gasteiger partial charge on any atom is 0.150 e. The first-order chi connectivity index (χ1) is 8.61. The lowest BCUT2D eigenvalue weighted by molar-refractivity contribution is 0.328. The van der Waals surface area contributed by atoms with E-state index in [1.807, 2.05) is 24.3 Å². The highest BCUT2D eigenvalue weighted by molar-refractivity contribution is 7.91. The number of ether oxygens (including phenoxy) is 1. The van der Waals surface area contributed by atoms with Gasteiger partial charge >= 0.3 is 0 Å². The number of hydrogen-bond donors (Lipinski definition) is 1. The van der Waals surface area contributed by atoms with Gasteiger partial charge in [0.1, 0.15) is 22.2 Å². The lowest BCUT2D eigenvalue weighted by Gasteiger charge is -2.22. The van der Waals surface area contributed by atoms with Crippen LogP contribution in [0, 0.1) is 0 Å². The summed E-state index contributed by atoms with van der Waals surface area (Å²) in [6.07, 6.45) is 1.46. The van der Waals surface area contributed by atoms with E-state index in [1.54, 1.807) is 0 Å². The van der Waals surface area contributed by atoms with Crippen LogP contribution in [0.5, 0.6) is 5.75 Å². The smallest absolute Gasteiger partial charge is 0.150 e. The molecule has 2 N–H and O–H groups in total. The van der Waals surface area contributed by atoms with Gasteiger partial charge < -0.3 is 10.5 Å². The molecule has 4 nitrogen and oxygen atoms in total. The molecule has 0 bridgehead atoms. The Kier molecular flexibility index (Phi) is 4.24. The topological polar surface area (TPSA) is 69.4 Å². The molecular formula is C13H19NO3S. The molecule has 0 unspecified atom stereocenters. The average Bonchev–Trinajstić information content (AvgIpc) is 2.37. The molecule has 0 aliphatic carbocycles. The monoisotopic (exact) mass is 269 g/mol. The van der Waals surface area contributed by atoms with Crippen LogP contribution in [0.15, 0.2) is 24.3 Å². The van der Waals surface area contributed by atoms with E-state index < -0.39 is 9.84 Å². The van der Waals surface area contributed by atoms with E-state index in [2.05, 4.69) is 0 Å². The zero-order valence-corrected chi connectivity index (χ0v) is 11.2. The zero-order chi connectivity index (χ0) is 13.0. The fourth-order valence-corrected chi connectivity index (χ4v) is 3.73. The third kappa shape index (κ3) is 3.46. The Balaban J connectivity index is 1.98. The highest BCUT2D eigenvalue weighted by Crippen LogP contribution is 2.30. The van der Waals surface area contributed by atoms with Crippen molar-refractivity contribution < 1.29 is 13.2 Å². The summed E-state index contributed by atoms with van der Waals surface area (Å²) in [4.78, 5) is 0. The normalized spacial score (nSPS) is 19.6. The van der Waals surface area contributed by atoms with Gasteiger partial charge in [-0.15, -0.1) is 0 Å². The van der Waals surface area contributed by atoms with E-state index in [0.29, 0.717) is 30.6 Å². The van der Waals surface area contributed by atoms with Gasteiger partial charge in [0.15, 0.2) is 0 Å². The molecule has 1 saturated heterocycles. The second-order valence-electron chi connectivity index (χ2n) is 4.63. The van der Waals surface area contributed by atoms with Crippen molar-refractivity contribution >= 4 is 9.84 Å². The molecule has 18 heavy (non-hydrogen) atoms. The average molecular weight is 269 g/mol. The molecule has 1 fully saturated rings. The first kappa shape index (κ1) is 13.4. The van der Waals surface area contributed by atoms with Crippen LogP contribution < -0.4 is 10.5 Å². The fraction of sp³-hybridized carbons (Fsp3) is 0.538. The van der Waals surface area contributed by atoms with Gasteiger partial charge in [0, 0.05) is 6.54 Å². The van der Waals surface area contributed by atoms with Crippen molar-refractivity contribution in [2.45, 2.75) is 18.8 Å². The van der Waals surface area contributed by atoms with Crippen LogP contribution in [-0.2, 0) is 9.84 Å². The van der Waals surface area contributed by atoms with Gasteiger partial charge in [0.05, 0.1) is 11.5 Å². The molecule has 1 aromatic rings. The SMILES string of the molecule is NCCOc1ccc(C2CCS(=O)(=O)CC2)cc1. The highest BCUT2D eigenvalue weighted by Gasteiger charge is 2.24. The maximum atomic E-state index is 11.4. The first-order valence-electron chi connectivity index (χ1n) is 6.24. The summed E-state index contributed by atoms with van der Waals surface area (Å²) in [5.74, 6) is 1.79. The van der Waals surface area contributed by atoms with E-state index in [4.69, 9.17) is 10.5 Å². The Labute approximate surface area is 108 Å². The second kappa shape index (κ2) is 5.71. The molecule has 0 saturated carbocycles. The van der Waals surface area contributed by atoms with E-state index in [9.17, 15) is 8.42 Å². The van der Waals surface area contributed by atoms with Gasteiger partial charge in [-0.05, 0) is 36.5 Å². The molecule has 0 amide bonds. The first-order valence-corrected chi connectivity index (χ1v) is 8.06. The maximum absolute atomic E-state index is 11.4. The van der Waals surface area contributed by atoms with Crippen LogP contribution in [0.2, 0.25) is 0 Å². The Bertz CT molecular complexity index is 467. The number of benzene rings is 1. The number of hydrogen-bond acceptors (Lipinski definition) is 4. The summed E-state index contributed by atoms with van der Waals surface area (Å²) >= 11 is 0. The van der Waals surface area contributed by atoms with Gasteiger partial charge in [-0.3, -0.25) is 0 Å². The largest absolute Gasteiger partial charge is 0.492 e. The fourth-order valence-electron chi connectivity index (χ4n) is 2.24. The molecule has 1 aliphatic rings. The number of rotatable bonds is 4. The predicted octanol–water partition coefficient (Wildman–Crippen LogP) is 1.32. The van der Waals surface area contributed by atoms with Crippen molar-refractivity contribution in [3.8, 4) is 5.75 Å². The molecular weight excluding hydrogens is 250 g/mol.